The lowest BCUT2D eigenvalue weighted by Crippen LogP contribution is -2.52. The van der Waals surface area contributed by atoms with Crippen molar-refractivity contribution in [1.29, 1.82) is 0 Å². The third-order valence-electron chi connectivity index (χ3n) is 3.62. The van der Waals surface area contributed by atoms with E-state index in [1.807, 2.05) is 60.7 Å². The van der Waals surface area contributed by atoms with Gasteiger partial charge in [-0.2, -0.15) is 10.2 Å². The fraction of sp³-hybridized carbons (Fsp3) is 0.111. The van der Waals surface area contributed by atoms with E-state index in [0.717, 1.165) is 11.4 Å². The summed E-state index contributed by atoms with van der Waals surface area (Å²) in [4.78, 5) is 24.3. The lowest BCUT2D eigenvalue weighted by Gasteiger charge is -2.21. The summed E-state index contributed by atoms with van der Waals surface area (Å²) in [5.41, 5.74) is 1.39. The first kappa shape index (κ1) is 15.6. The van der Waals surface area contributed by atoms with Crippen molar-refractivity contribution in [2.24, 2.45) is 10.2 Å². The van der Waals surface area contributed by atoms with Gasteiger partial charge in [-0.15, -0.1) is 0 Å². The zero-order valence-corrected chi connectivity index (χ0v) is 13.4. The molecule has 0 saturated heterocycles. The zero-order chi connectivity index (χ0) is 17.1. The first-order valence-electron chi connectivity index (χ1n) is 7.42. The van der Waals surface area contributed by atoms with E-state index in [9.17, 15) is 9.59 Å². The van der Waals surface area contributed by atoms with Crippen LogP contribution in [0.2, 0.25) is 0 Å². The first-order valence-corrected chi connectivity index (χ1v) is 7.42. The highest BCUT2D eigenvalue weighted by Gasteiger charge is 2.43. The number of hydrogen-bond donors (Lipinski definition) is 0. The van der Waals surface area contributed by atoms with Crippen molar-refractivity contribution < 1.29 is 9.59 Å². The third kappa shape index (κ3) is 2.94. The number of anilines is 2. The molecule has 1 fully saturated rings. The van der Waals surface area contributed by atoms with E-state index in [0.29, 0.717) is 0 Å². The van der Waals surface area contributed by atoms with Gasteiger partial charge in [0.25, 0.3) is 0 Å². The van der Waals surface area contributed by atoms with Crippen LogP contribution in [0.4, 0.5) is 11.4 Å². The van der Waals surface area contributed by atoms with Crippen LogP contribution in [-0.4, -0.2) is 37.1 Å². The number of hydrogen-bond acceptors (Lipinski definition) is 6. The number of Topliss-reactive ketones (excluding diaryl/α,β-unsaturated/α-hetero) is 2. The number of carbonyl (C=O) groups excluding carboxylic acids is 2. The highest BCUT2D eigenvalue weighted by Crippen LogP contribution is 2.16. The molecule has 2 aromatic rings. The number of rotatable bonds is 4. The van der Waals surface area contributed by atoms with E-state index < -0.39 is 11.6 Å². The highest BCUT2D eigenvalue weighted by molar-refractivity contribution is 7.10. The van der Waals surface area contributed by atoms with Crippen LogP contribution in [0, 0.1) is 0 Å². The molecule has 6 nitrogen and oxygen atoms in total. The van der Waals surface area contributed by atoms with Crippen LogP contribution in [0.15, 0.2) is 70.9 Å². The maximum atomic E-state index is 12.2. The van der Waals surface area contributed by atoms with Crippen LogP contribution < -0.4 is 10.0 Å². The van der Waals surface area contributed by atoms with Gasteiger partial charge in [0, 0.05) is 14.1 Å². The molecule has 120 valence electrons. The quantitative estimate of drug-likeness (QED) is 0.810. The standard InChI is InChI=1S/C18H16N4O2/c1-21(13-9-5-3-6-10-13)19-15-17(23)16(18(15)24)20-22(2)14-11-7-4-8-12-14/h3-12H,1-2H3. The second kappa shape index (κ2) is 6.45. The largest absolute Gasteiger partial charge is 0.285 e. The maximum Gasteiger partial charge on any atom is 0.241 e. The molecule has 6 heteroatoms. The molecule has 1 saturated carbocycles. The monoisotopic (exact) mass is 320 g/mol. The summed E-state index contributed by atoms with van der Waals surface area (Å²) < 4.78 is 0. The highest BCUT2D eigenvalue weighted by atomic mass is 16.2. The van der Waals surface area contributed by atoms with Crippen LogP contribution in [0.25, 0.3) is 0 Å². The molecule has 2 aromatic carbocycles. The molecule has 0 N–H and O–H groups in total. The maximum absolute atomic E-state index is 12.2. The van der Waals surface area contributed by atoms with E-state index >= 15 is 0 Å². The van der Waals surface area contributed by atoms with Gasteiger partial charge in [0.1, 0.15) is 0 Å². The molecule has 24 heavy (non-hydrogen) atoms. The smallest absolute Gasteiger partial charge is 0.241 e. The normalized spacial score (nSPS) is 13.4. The van der Waals surface area contributed by atoms with Gasteiger partial charge >= 0.3 is 0 Å². The van der Waals surface area contributed by atoms with Crippen molar-refractivity contribution >= 4 is 34.4 Å². The number of benzene rings is 2. The zero-order valence-electron chi connectivity index (χ0n) is 13.4. The summed E-state index contributed by atoms with van der Waals surface area (Å²) in [6, 6.07) is 18.6. The molecule has 0 radical (unpaired) electrons. The minimum atomic E-state index is -0.439. The lowest BCUT2D eigenvalue weighted by molar-refractivity contribution is -0.115. The number of ketones is 2. The molecule has 0 aliphatic heterocycles. The van der Waals surface area contributed by atoms with E-state index in [2.05, 4.69) is 10.2 Å². The van der Waals surface area contributed by atoms with Gasteiger partial charge in [-0.25, -0.2) is 0 Å². The second-order valence-electron chi connectivity index (χ2n) is 5.27. The van der Waals surface area contributed by atoms with Gasteiger partial charge in [-0.05, 0) is 24.3 Å². The van der Waals surface area contributed by atoms with Crippen LogP contribution in [0.1, 0.15) is 0 Å². The van der Waals surface area contributed by atoms with Gasteiger partial charge in [0.15, 0.2) is 11.4 Å². The molecule has 0 aromatic heterocycles. The Balaban J connectivity index is 1.77. The van der Waals surface area contributed by atoms with Gasteiger partial charge in [-0.1, -0.05) is 36.4 Å². The summed E-state index contributed by atoms with van der Waals surface area (Å²) in [5.74, 6) is -0.879. The topological polar surface area (TPSA) is 65.3 Å². The van der Waals surface area contributed by atoms with Gasteiger partial charge in [0.05, 0.1) is 11.4 Å². The van der Waals surface area contributed by atoms with E-state index in [-0.39, 0.29) is 11.4 Å². The van der Waals surface area contributed by atoms with Crippen LogP contribution in [-0.2, 0) is 9.59 Å². The Labute approximate surface area is 139 Å². The average molecular weight is 320 g/mol. The molecule has 0 heterocycles. The summed E-state index contributed by atoms with van der Waals surface area (Å²) in [6.07, 6.45) is 0. The summed E-state index contributed by atoms with van der Waals surface area (Å²) in [7, 11) is 3.38. The average Bonchev–Trinajstić information content (AvgIpc) is 2.64. The predicted octanol–water partition coefficient (Wildman–Crippen LogP) is 2.12. The fourth-order valence-electron chi connectivity index (χ4n) is 2.25. The predicted molar refractivity (Wildman–Crippen MR) is 94.6 cm³/mol. The van der Waals surface area contributed by atoms with Crippen molar-refractivity contribution in [3.63, 3.8) is 0 Å². The molecule has 0 unspecified atom stereocenters. The number of carbonyl (C=O) groups is 2. The Morgan fingerprint density at radius 3 is 1.29 bits per heavy atom. The van der Waals surface area contributed by atoms with E-state index in [1.54, 1.807) is 14.1 Å². The summed E-state index contributed by atoms with van der Waals surface area (Å²) in [6.45, 7) is 0. The van der Waals surface area contributed by atoms with E-state index in [4.69, 9.17) is 0 Å². The first-order chi connectivity index (χ1) is 11.6. The van der Waals surface area contributed by atoms with Crippen molar-refractivity contribution in [3.05, 3.63) is 60.7 Å². The van der Waals surface area contributed by atoms with Gasteiger partial charge < -0.3 is 0 Å². The number of para-hydroxylation sites is 2. The molecule has 0 bridgehead atoms. The van der Waals surface area contributed by atoms with Crippen molar-refractivity contribution in [3.8, 4) is 0 Å². The molecule has 0 spiro atoms. The Morgan fingerprint density at radius 2 is 0.958 bits per heavy atom. The second-order valence-corrected chi connectivity index (χ2v) is 5.27. The van der Waals surface area contributed by atoms with Gasteiger partial charge in [0.2, 0.25) is 11.6 Å². The molecule has 1 aliphatic rings. The van der Waals surface area contributed by atoms with Crippen LogP contribution in [0.3, 0.4) is 0 Å². The van der Waals surface area contributed by atoms with Crippen molar-refractivity contribution in [2.75, 3.05) is 24.1 Å². The lowest BCUT2D eigenvalue weighted by atomic mass is 9.90. The SMILES string of the molecule is CN(N=C1C(=O)C(=NN(C)c2ccccc2)C1=O)c1ccccc1. The number of hydrazone groups is 2. The van der Waals surface area contributed by atoms with Crippen LogP contribution >= 0.6 is 0 Å². The molecule has 0 atom stereocenters. The fourth-order valence-corrected chi connectivity index (χ4v) is 2.25. The summed E-state index contributed by atoms with van der Waals surface area (Å²) >= 11 is 0. The Morgan fingerprint density at radius 1 is 0.625 bits per heavy atom. The molecule has 0 amide bonds. The Kier molecular flexibility index (Phi) is 4.20. The number of nitrogens with zero attached hydrogens (tertiary/aromatic N) is 4. The van der Waals surface area contributed by atoms with Crippen LogP contribution in [0.5, 0.6) is 0 Å². The third-order valence-corrected chi connectivity index (χ3v) is 3.62. The minimum absolute atomic E-state index is 0.0958. The molecular weight excluding hydrogens is 304 g/mol. The summed E-state index contributed by atoms with van der Waals surface area (Å²) in [5, 5.41) is 11.2. The van der Waals surface area contributed by atoms with Gasteiger partial charge in [-0.3, -0.25) is 19.6 Å². The minimum Gasteiger partial charge on any atom is -0.285 e. The Bertz CT molecular complexity index is 741. The van der Waals surface area contributed by atoms with Crippen molar-refractivity contribution in [2.45, 2.75) is 0 Å². The molecule has 3 rings (SSSR count). The molecular formula is C18H16N4O2. The Hall–Kier alpha value is -3.28. The van der Waals surface area contributed by atoms with Crippen molar-refractivity contribution in [1.82, 2.24) is 0 Å². The van der Waals surface area contributed by atoms with E-state index in [1.165, 1.54) is 10.0 Å². The molecule has 1 aliphatic carbocycles.